The number of carbonyl (C=O) groups excluding carboxylic acids is 2. The van der Waals surface area contributed by atoms with E-state index in [0.29, 0.717) is 25.4 Å². The van der Waals surface area contributed by atoms with Gasteiger partial charge in [-0.3, -0.25) is 4.79 Å². The van der Waals surface area contributed by atoms with Gasteiger partial charge in [-0.15, -0.1) is 0 Å². The molecule has 0 aromatic heterocycles. The fourth-order valence-electron chi connectivity index (χ4n) is 3.57. The summed E-state index contributed by atoms with van der Waals surface area (Å²) in [6.07, 6.45) is 3.70. The van der Waals surface area contributed by atoms with Crippen molar-refractivity contribution in [3.8, 4) is 0 Å². The first-order valence-corrected chi connectivity index (χ1v) is 9.61. The Morgan fingerprint density at radius 1 is 1.19 bits per heavy atom. The summed E-state index contributed by atoms with van der Waals surface area (Å²) in [4.78, 5) is 26.8. The van der Waals surface area contributed by atoms with Gasteiger partial charge in [0.1, 0.15) is 6.04 Å². The molecule has 2 aliphatic rings. The summed E-state index contributed by atoms with van der Waals surface area (Å²) in [5.74, 6) is 0.374. The van der Waals surface area contributed by atoms with Gasteiger partial charge in [0.2, 0.25) is 5.91 Å². The minimum Gasteiger partial charge on any atom is -0.376 e. The number of hydrogen-bond acceptors (Lipinski definition) is 3. The average molecular weight is 359 g/mol. The predicted molar refractivity (Wildman–Crippen MR) is 101 cm³/mol. The third-order valence-corrected chi connectivity index (χ3v) is 5.17. The molecule has 2 fully saturated rings. The van der Waals surface area contributed by atoms with Crippen LogP contribution in [0.2, 0.25) is 0 Å². The molecule has 6 heteroatoms. The number of nitrogens with one attached hydrogen (secondary N) is 2. The summed E-state index contributed by atoms with van der Waals surface area (Å²) < 4.78 is 5.54. The Labute approximate surface area is 155 Å². The van der Waals surface area contributed by atoms with Crippen LogP contribution >= 0.6 is 0 Å². The maximum Gasteiger partial charge on any atom is 0.322 e. The Hall–Kier alpha value is -2.08. The van der Waals surface area contributed by atoms with Gasteiger partial charge in [-0.2, -0.15) is 0 Å². The van der Waals surface area contributed by atoms with Gasteiger partial charge in [-0.1, -0.05) is 26.0 Å². The van der Waals surface area contributed by atoms with Crippen LogP contribution in [0, 0.1) is 0 Å². The number of hydrogen-bond donors (Lipinski definition) is 2. The van der Waals surface area contributed by atoms with Crippen LogP contribution in [0.15, 0.2) is 24.3 Å². The highest BCUT2D eigenvalue weighted by Crippen LogP contribution is 2.21. The normalized spacial score (nSPS) is 22.7. The van der Waals surface area contributed by atoms with Gasteiger partial charge in [-0.05, 0) is 49.3 Å². The van der Waals surface area contributed by atoms with E-state index in [-0.39, 0.29) is 18.0 Å². The van der Waals surface area contributed by atoms with Gasteiger partial charge in [0.15, 0.2) is 0 Å². The van der Waals surface area contributed by atoms with E-state index >= 15 is 0 Å². The van der Waals surface area contributed by atoms with Gasteiger partial charge < -0.3 is 20.3 Å². The van der Waals surface area contributed by atoms with E-state index in [1.807, 2.05) is 24.3 Å². The van der Waals surface area contributed by atoms with Crippen LogP contribution < -0.4 is 10.6 Å². The van der Waals surface area contributed by atoms with E-state index in [9.17, 15) is 9.59 Å². The van der Waals surface area contributed by atoms with Crippen LogP contribution in [0.1, 0.15) is 51.0 Å². The van der Waals surface area contributed by atoms with Gasteiger partial charge in [0, 0.05) is 25.4 Å². The van der Waals surface area contributed by atoms with Crippen molar-refractivity contribution >= 4 is 17.6 Å². The number of urea groups is 1. The lowest BCUT2D eigenvalue weighted by atomic mass is 10.0. The van der Waals surface area contributed by atoms with Gasteiger partial charge in [0.05, 0.1) is 6.10 Å². The lowest BCUT2D eigenvalue weighted by molar-refractivity contribution is -0.125. The molecule has 2 heterocycles. The molecule has 2 unspecified atom stereocenters. The highest BCUT2D eigenvalue weighted by Gasteiger charge is 2.34. The summed E-state index contributed by atoms with van der Waals surface area (Å²) in [5.41, 5.74) is 1.99. The molecule has 6 nitrogen and oxygen atoms in total. The molecule has 0 radical (unpaired) electrons. The first-order valence-electron chi connectivity index (χ1n) is 9.61. The van der Waals surface area contributed by atoms with Gasteiger partial charge in [0.25, 0.3) is 0 Å². The molecular formula is C20H29N3O3. The molecule has 1 aromatic rings. The van der Waals surface area contributed by atoms with Crippen LogP contribution in [-0.4, -0.2) is 48.7 Å². The molecule has 2 atom stereocenters. The minimum atomic E-state index is -0.397. The number of carbonyl (C=O) groups is 2. The van der Waals surface area contributed by atoms with Crippen LogP contribution in [-0.2, 0) is 9.53 Å². The quantitative estimate of drug-likeness (QED) is 0.849. The molecule has 0 saturated carbocycles. The molecular weight excluding hydrogens is 330 g/mol. The smallest absolute Gasteiger partial charge is 0.322 e. The fourth-order valence-corrected chi connectivity index (χ4v) is 3.57. The van der Waals surface area contributed by atoms with Crippen LogP contribution in [0.3, 0.4) is 0 Å². The summed E-state index contributed by atoms with van der Waals surface area (Å²) in [6, 6.07) is 7.26. The van der Waals surface area contributed by atoms with Crippen molar-refractivity contribution in [1.29, 1.82) is 0 Å². The van der Waals surface area contributed by atoms with E-state index in [4.69, 9.17) is 4.74 Å². The monoisotopic (exact) mass is 359 g/mol. The van der Waals surface area contributed by atoms with E-state index in [2.05, 4.69) is 24.5 Å². The first-order chi connectivity index (χ1) is 12.5. The molecule has 3 rings (SSSR count). The molecule has 0 spiro atoms. The van der Waals surface area contributed by atoms with Crippen molar-refractivity contribution in [3.63, 3.8) is 0 Å². The van der Waals surface area contributed by atoms with Crippen molar-refractivity contribution < 1.29 is 14.3 Å². The average Bonchev–Trinajstić information content (AvgIpc) is 3.31. The zero-order valence-electron chi connectivity index (χ0n) is 15.7. The molecule has 0 aliphatic carbocycles. The molecule has 3 amide bonds. The summed E-state index contributed by atoms with van der Waals surface area (Å²) >= 11 is 0. The first kappa shape index (κ1) is 18.7. The second-order valence-corrected chi connectivity index (χ2v) is 7.44. The highest BCUT2D eigenvalue weighted by atomic mass is 16.5. The third-order valence-electron chi connectivity index (χ3n) is 5.17. The highest BCUT2D eigenvalue weighted by molar-refractivity contribution is 5.94. The molecule has 2 aliphatic heterocycles. The van der Waals surface area contributed by atoms with Crippen LogP contribution in [0.25, 0.3) is 0 Å². The van der Waals surface area contributed by atoms with Crippen molar-refractivity contribution in [2.45, 2.75) is 57.6 Å². The summed E-state index contributed by atoms with van der Waals surface area (Å²) in [6.45, 7) is 6.18. The topological polar surface area (TPSA) is 70.7 Å². The van der Waals surface area contributed by atoms with Gasteiger partial charge in [-0.25, -0.2) is 4.79 Å². The maximum absolute atomic E-state index is 12.6. The number of benzene rings is 1. The summed E-state index contributed by atoms with van der Waals surface area (Å²) in [7, 11) is 0. The lowest BCUT2D eigenvalue weighted by Gasteiger charge is -2.25. The van der Waals surface area contributed by atoms with Crippen LogP contribution in [0.5, 0.6) is 0 Å². The third kappa shape index (κ3) is 4.55. The molecule has 2 saturated heterocycles. The maximum atomic E-state index is 12.6. The van der Waals surface area contributed by atoms with E-state index in [1.165, 1.54) is 5.56 Å². The second-order valence-electron chi connectivity index (χ2n) is 7.44. The SMILES string of the molecule is CC(C)c1ccc(NC(=O)N2CCCC2C(=O)NCC2CCCO2)cc1. The summed E-state index contributed by atoms with van der Waals surface area (Å²) in [5, 5.41) is 5.86. The standard InChI is InChI=1S/C20H29N3O3/c1-14(2)15-7-9-16(10-8-15)22-20(25)23-11-3-6-18(23)19(24)21-13-17-5-4-12-26-17/h7-10,14,17-18H,3-6,11-13H2,1-2H3,(H,21,24)(H,22,25). The largest absolute Gasteiger partial charge is 0.376 e. The van der Waals surface area contributed by atoms with E-state index < -0.39 is 6.04 Å². The Balaban J connectivity index is 1.54. The minimum absolute atomic E-state index is 0.0803. The van der Waals surface area contributed by atoms with E-state index in [1.54, 1.807) is 4.90 Å². The number of amides is 3. The molecule has 142 valence electrons. The van der Waals surface area contributed by atoms with Crippen molar-refractivity contribution in [3.05, 3.63) is 29.8 Å². The Morgan fingerprint density at radius 3 is 2.62 bits per heavy atom. The zero-order valence-corrected chi connectivity index (χ0v) is 15.7. The fraction of sp³-hybridized carbons (Fsp3) is 0.600. The molecule has 0 bridgehead atoms. The molecule has 2 N–H and O–H groups in total. The number of likely N-dealkylation sites (tertiary alicyclic amines) is 1. The van der Waals surface area contributed by atoms with Crippen LogP contribution in [0.4, 0.5) is 10.5 Å². The Kier molecular flexibility index (Phi) is 6.14. The number of anilines is 1. The predicted octanol–water partition coefficient (Wildman–Crippen LogP) is 3.10. The van der Waals surface area contributed by atoms with Crippen molar-refractivity contribution in [2.24, 2.45) is 0 Å². The molecule has 1 aromatic carbocycles. The van der Waals surface area contributed by atoms with E-state index in [0.717, 1.165) is 31.6 Å². The zero-order chi connectivity index (χ0) is 18.5. The lowest BCUT2D eigenvalue weighted by Crippen LogP contribution is -2.48. The number of nitrogens with zero attached hydrogens (tertiary/aromatic N) is 1. The second kappa shape index (κ2) is 8.54. The number of ether oxygens (including phenoxy) is 1. The van der Waals surface area contributed by atoms with Crippen molar-refractivity contribution in [2.75, 3.05) is 25.0 Å². The Morgan fingerprint density at radius 2 is 1.96 bits per heavy atom. The molecule has 26 heavy (non-hydrogen) atoms. The van der Waals surface area contributed by atoms with Crippen molar-refractivity contribution in [1.82, 2.24) is 10.2 Å². The number of rotatable bonds is 5. The van der Waals surface area contributed by atoms with Gasteiger partial charge >= 0.3 is 6.03 Å². The Bertz CT molecular complexity index is 624.